The first kappa shape index (κ1) is 10.8. The topological polar surface area (TPSA) is 48.1 Å². The number of ether oxygens (including phenoxy) is 1. The minimum atomic E-state index is 0.471. The Morgan fingerprint density at radius 3 is 3.00 bits per heavy atom. The molecule has 0 radical (unpaired) electrons. The summed E-state index contributed by atoms with van der Waals surface area (Å²) < 4.78 is 5.62. The number of nitrogens with zero attached hydrogens (tertiary/aromatic N) is 1. The highest BCUT2D eigenvalue weighted by atomic mass is 32.1. The maximum Gasteiger partial charge on any atom is 0.128 e. The fourth-order valence-electron chi connectivity index (χ4n) is 1.46. The summed E-state index contributed by atoms with van der Waals surface area (Å²) in [6, 6.07) is 9.67. The number of thiocarbonyl (C=S) groups is 1. The van der Waals surface area contributed by atoms with E-state index in [1.165, 1.54) is 0 Å². The van der Waals surface area contributed by atoms with Gasteiger partial charge in [0.2, 0.25) is 0 Å². The molecule has 4 heteroatoms. The first-order chi connectivity index (χ1) is 7.77. The van der Waals surface area contributed by atoms with Gasteiger partial charge in [0, 0.05) is 18.0 Å². The van der Waals surface area contributed by atoms with Crippen LogP contribution in [0.25, 0.3) is 10.9 Å². The fraction of sp³-hybridized carbons (Fsp3) is 0.167. The average Bonchev–Trinajstić information content (AvgIpc) is 2.29. The molecule has 0 atom stereocenters. The number of aromatic nitrogens is 1. The van der Waals surface area contributed by atoms with Crippen molar-refractivity contribution in [3.8, 4) is 5.75 Å². The SMILES string of the molecule is NC(=S)CCOc1cccc2ncccc12. The van der Waals surface area contributed by atoms with Crippen molar-refractivity contribution in [2.24, 2.45) is 5.73 Å². The summed E-state index contributed by atoms with van der Waals surface area (Å²) in [5.41, 5.74) is 6.33. The molecule has 0 saturated heterocycles. The van der Waals surface area contributed by atoms with Crippen LogP contribution in [0.3, 0.4) is 0 Å². The third-order valence-corrected chi connectivity index (χ3v) is 2.42. The zero-order valence-corrected chi connectivity index (χ0v) is 9.54. The van der Waals surface area contributed by atoms with E-state index in [2.05, 4.69) is 4.98 Å². The predicted molar refractivity (Wildman–Crippen MR) is 68.6 cm³/mol. The molecule has 0 fully saturated rings. The lowest BCUT2D eigenvalue weighted by atomic mass is 10.2. The van der Waals surface area contributed by atoms with Gasteiger partial charge in [-0.2, -0.15) is 0 Å². The molecule has 0 unspecified atom stereocenters. The molecule has 1 aromatic heterocycles. The number of fused-ring (bicyclic) bond motifs is 1. The zero-order chi connectivity index (χ0) is 11.4. The first-order valence-electron chi connectivity index (χ1n) is 5.02. The van der Waals surface area contributed by atoms with Gasteiger partial charge in [-0.25, -0.2) is 0 Å². The molecule has 0 aliphatic heterocycles. The standard InChI is InChI=1S/C12H12N2OS/c13-12(16)6-8-15-11-5-1-4-10-9(11)3-2-7-14-10/h1-5,7H,6,8H2,(H2,13,16). The second-order valence-electron chi connectivity index (χ2n) is 3.39. The van der Waals surface area contributed by atoms with Gasteiger partial charge < -0.3 is 10.5 Å². The van der Waals surface area contributed by atoms with Gasteiger partial charge in [0.1, 0.15) is 5.75 Å². The van der Waals surface area contributed by atoms with Crippen LogP contribution in [0.1, 0.15) is 6.42 Å². The lowest BCUT2D eigenvalue weighted by Crippen LogP contribution is -2.12. The molecule has 0 aliphatic carbocycles. The molecule has 1 aromatic carbocycles. The molecule has 16 heavy (non-hydrogen) atoms. The van der Waals surface area contributed by atoms with Crippen molar-refractivity contribution in [3.05, 3.63) is 36.5 Å². The van der Waals surface area contributed by atoms with E-state index in [1.807, 2.05) is 30.3 Å². The van der Waals surface area contributed by atoms with E-state index in [0.29, 0.717) is 18.0 Å². The van der Waals surface area contributed by atoms with Crippen LogP contribution in [-0.4, -0.2) is 16.6 Å². The molecule has 0 bridgehead atoms. The number of nitrogens with two attached hydrogens (primary N) is 1. The Balaban J connectivity index is 2.20. The number of hydrogen-bond donors (Lipinski definition) is 1. The van der Waals surface area contributed by atoms with Crippen molar-refractivity contribution in [3.63, 3.8) is 0 Å². The molecule has 1 heterocycles. The van der Waals surface area contributed by atoms with Gasteiger partial charge in [0.15, 0.2) is 0 Å². The molecule has 2 N–H and O–H groups in total. The quantitative estimate of drug-likeness (QED) is 0.822. The van der Waals surface area contributed by atoms with E-state index < -0.39 is 0 Å². The summed E-state index contributed by atoms with van der Waals surface area (Å²) in [7, 11) is 0. The summed E-state index contributed by atoms with van der Waals surface area (Å²) in [4.78, 5) is 4.73. The Bertz CT molecular complexity index is 508. The predicted octanol–water partition coefficient (Wildman–Crippen LogP) is 2.29. The fourth-order valence-corrected chi connectivity index (χ4v) is 1.55. The Labute approximate surface area is 99.2 Å². The Morgan fingerprint density at radius 1 is 1.31 bits per heavy atom. The number of benzene rings is 1. The van der Waals surface area contributed by atoms with Crippen molar-refractivity contribution < 1.29 is 4.74 Å². The summed E-state index contributed by atoms with van der Waals surface area (Å²) in [6.45, 7) is 0.503. The van der Waals surface area contributed by atoms with Gasteiger partial charge in [-0.05, 0) is 24.3 Å². The van der Waals surface area contributed by atoms with E-state index in [9.17, 15) is 0 Å². The van der Waals surface area contributed by atoms with E-state index >= 15 is 0 Å². The lowest BCUT2D eigenvalue weighted by molar-refractivity contribution is 0.333. The van der Waals surface area contributed by atoms with Crippen LogP contribution >= 0.6 is 12.2 Å². The van der Waals surface area contributed by atoms with Crippen molar-refractivity contribution in [1.82, 2.24) is 4.98 Å². The number of hydrogen-bond acceptors (Lipinski definition) is 3. The highest BCUT2D eigenvalue weighted by Gasteiger charge is 2.01. The molecule has 2 aromatic rings. The molecule has 0 aliphatic rings. The highest BCUT2D eigenvalue weighted by Crippen LogP contribution is 2.23. The van der Waals surface area contributed by atoms with Crippen LogP contribution in [-0.2, 0) is 0 Å². The van der Waals surface area contributed by atoms with E-state index in [1.54, 1.807) is 6.20 Å². The number of pyridine rings is 1. The Kier molecular flexibility index (Phi) is 3.31. The smallest absolute Gasteiger partial charge is 0.128 e. The van der Waals surface area contributed by atoms with Gasteiger partial charge in [0.05, 0.1) is 17.1 Å². The largest absolute Gasteiger partial charge is 0.492 e. The average molecular weight is 232 g/mol. The lowest BCUT2D eigenvalue weighted by Gasteiger charge is -2.08. The van der Waals surface area contributed by atoms with Crippen molar-refractivity contribution in [2.75, 3.05) is 6.61 Å². The van der Waals surface area contributed by atoms with Gasteiger partial charge in [0.25, 0.3) is 0 Å². The molecule has 2 rings (SSSR count). The maximum atomic E-state index is 5.62. The van der Waals surface area contributed by atoms with Gasteiger partial charge in [-0.3, -0.25) is 4.98 Å². The summed E-state index contributed by atoms with van der Waals surface area (Å²) >= 11 is 4.79. The molecule has 0 spiro atoms. The van der Waals surface area contributed by atoms with Crippen LogP contribution in [0.15, 0.2) is 36.5 Å². The third-order valence-electron chi connectivity index (χ3n) is 2.21. The van der Waals surface area contributed by atoms with Crippen LogP contribution in [0, 0.1) is 0 Å². The Morgan fingerprint density at radius 2 is 2.19 bits per heavy atom. The maximum absolute atomic E-state index is 5.62. The van der Waals surface area contributed by atoms with Crippen molar-refractivity contribution >= 4 is 28.1 Å². The zero-order valence-electron chi connectivity index (χ0n) is 8.72. The van der Waals surface area contributed by atoms with Crippen molar-refractivity contribution in [2.45, 2.75) is 6.42 Å². The minimum Gasteiger partial charge on any atom is -0.492 e. The monoisotopic (exact) mass is 232 g/mol. The minimum absolute atomic E-state index is 0.471. The van der Waals surface area contributed by atoms with Gasteiger partial charge in [-0.1, -0.05) is 18.3 Å². The number of rotatable bonds is 4. The molecular formula is C12H12N2OS. The normalized spacial score (nSPS) is 10.2. The molecular weight excluding hydrogens is 220 g/mol. The summed E-state index contributed by atoms with van der Waals surface area (Å²) in [5, 5.41) is 1.01. The molecule has 82 valence electrons. The van der Waals surface area contributed by atoms with Crippen molar-refractivity contribution in [1.29, 1.82) is 0 Å². The van der Waals surface area contributed by atoms with Crippen LogP contribution in [0.5, 0.6) is 5.75 Å². The molecule has 3 nitrogen and oxygen atoms in total. The second kappa shape index (κ2) is 4.90. The highest BCUT2D eigenvalue weighted by molar-refractivity contribution is 7.80. The van der Waals surface area contributed by atoms with Gasteiger partial charge in [-0.15, -0.1) is 0 Å². The van der Waals surface area contributed by atoms with Gasteiger partial charge >= 0.3 is 0 Å². The van der Waals surface area contributed by atoms with E-state index in [0.717, 1.165) is 16.7 Å². The second-order valence-corrected chi connectivity index (χ2v) is 3.92. The van der Waals surface area contributed by atoms with E-state index in [4.69, 9.17) is 22.7 Å². The summed E-state index contributed by atoms with van der Waals surface area (Å²) in [6.07, 6.45) is 2.35. The first-order valence-corrected chi connectivity index (χ1v) is 5.43. The van der Waals surface area contributed by atoms with E-state index in [-0.39, 0.29) is 0 Å². The van der Waals surface area contributed by atoms with Crippen LogP contribution in [0.2, 0.25) is 0 Å². The third kappa shape index (κ3) is 2.46. The van der Waals surface area contributed by atoms with Crippen LogP contribution < -0.4 is 10.5 Å². The molecule has 0 saturated carbocycles. The Hall–Kier alpha value is -1.68. The van der Waals surface area contributed by atoms with Crippen LogP contribution in [0.4, 0.5) is 0 Å². The summed E-state index contributed by atoms with van der Waals surface area (Å²) in [5.74, 6) is 0.821. The molecule has 0 amide bonds.